The molecule has 0 bridgehead atoms. The number of carbonyl (C=O) groups is 1. The predicted molar refractivity (Wildman–Crippen MR) is 70.6 cm³/mol. The highest BCUT2D eigenvalue weighted by Gasteiger charge is 2.26. The van der Waals surface area contributed by atoms with Crippen molar-refractivity contribution < 1.29 is 22.7 Å². The van der Waals surface area contributed by atoms with E-state index in [9.17, 15) is 13.2 Å². The quantitative estimate of drug-likeness (QED) is 0.831. The fourth-order valence-electron chi connectivity index (χ4n) is 1.57. The minimum atomic E-state index is -4.03. The first-order valence-corrected chi connectivity index (χ1v) is 7.65. The van der Waals surface area contributed by atoms with Crippen LogP contribution in [0, 0.1) is 0 Å². The van der Waals surface area contributed by atoms with Crippen LogP contribution in [0.25, 0.3) is 0 Å². The Labute approximate surface area is 116 Å². The predicted octanol–water partition coefficient (Wildman–Crippen LogP) is 1.38. The lowest BCUT2D eigenvalue weighted by atomic mass is 10.1. The van der Waals surface area contributed by atoms with Crippen LogP contribution in [-0.2, 0) is 9.05 Å². The molecular formula is C11H14ClNO5S. The maximum absolute atomic E-state index is 12.0. The molecule has 8 heteroatoms. The third-order valence-electron chi connectivity index (χ3n) is 2.33. The van der Waals surface area contributed by atoms with Crippen LogP contribution in [-0.4, -0.2) is 35.1 Å². The lowest BCUT2D eigenvalue weighted by Crippen LogP contribution is -2.24. The van der Waals surface area contributed by atoms with Gasteiger partial charge >= 0.3 is 0 Å². The second-order valence-corrected chi connectivity index (χ2v) is 6.01. The average Bonchev–Trinajstić information content (AvgIpc) is 2.35. The first-order chi connectivity index (χ1) is 8.86. The Bertz CT molecular complexity index is 585. The number of hydrogen-bond donors (Lipinski definition) is 1. The van der Waals surface area contributed by atoms with Gasteiger partial charge in [0.1, 0.15) is 16.2 Å². The van der Waals surface area contributed by atoms with Gasteiger partial charge in [-0.15, -0.1) is 0 Å². The molecule has 1 amide bonds. The zero-order valence-corrected chi connectivity index (χ0v) is 12.3. The summed E-state index contributed by atoms with van der Waals surface area (Å²) < 4.78 is 33.0. The monoisotopic (exact) mass is 307 g/mol. The first kappa shape index (κ1) is 15.6. The largest absolute Gasteiger partial charge is 0.496 e. The van der Waals surface area contributed by atoms with Gasteiger partial charge < -0.3 is 14.8 Å². The average molecular weight is 308 g/mol. The molecule has 0 saturated heterocycles. The Hall–Kier alpha value is -1.47. The third-order valence-corrected chi connectivity index (χ3v) is 3.68. The van der Waals surface area contributed by atoms with Crippen molar-refractivity contribution in [2.75, 3.05) is 20.8 Å². The Balaban J connectivity index is 3.60. The van der Waals surface area contributed by atoms with Gasteiger partial charge in [-0.3, -0.25) is 4.79 Å². The number of ether oxygens (including phenoxy) is 2. The van der Waals surface area contributed by atoms with E-state index in [0.717, 1.165) is 0 Å². The maximum atomic E-state index is 12.0. The van der Waals surface area contributed by atoms with Gasteiger partial charge in [0.05, 0.1) is 14.2 Å². The SMILES string of the molecule is CCNC(=O)c1c(OC)ccc(S(=O)(=O)Cl)c1OC. The van der Waals surface area contributed by atoms with Gasteiger partial charge in [-0.1, -0.05) is 0 Å². The summed E-state index contributed by atoms with van der Waals surface area (Å²) in [4.78, 5) is 11.7. The fraction of sp³-hybridized carbons (Fsp3) is 0.364. The van der Waals surface area contributed by atoms with E-state index in [1.165, 1.54) is 26.4 Å². The molecule has 0 aliphatic rings. The van der Waals surface area contributed by atoms with Crippen LogP contribution in [0.5, 0.6) is 11.5 Å². The fourth-order valence-corrected chi connectivity index (χ4v) is 2.58. The Morgan fingerprint density at radius 3 is 2.37 bits per heavy atom. The van der Waals surface area contributed by atoms with Crippen LogP contribution in [0.15, 0.2) is 17.0 Å². The number of hydrogen-bond acceptors (Lipinski definition) is 5. The lowest BCUT2D eigenvalue weighted by molar-refractivity contribution is 0.0949. The van der Waals surface area contributed by atoms with Crippen LogP contribution in [0.4, 0.5) is 0 Å². The summed E-state index contributed by atoms with van der Waals surface area (Å²) in [6, 6.07) is 2.57. The second-order valence-electron chi connectivity index (χ2n) is 3.47. The number of amides is 1. The molecule has 106 valence electrons. The number of nitrogens with one attached hydrogen (secondary N) is 1. The molecule has 0 aromatic heterocycles. The maximum Gasteiger partial charge on any atom is 0.265 e. The van der Waals surface area contributed by atoms with Crippen LogP contribution in [0.1, 0.15) is 17.3 Å². The van der Waals surface area contributed by atoms with Gasteiger partial charge in [-0.25, -0.2) is 8.42 Å². The van der Waals surface area contributed by atoms with Gasteiger partial charge in [0.15, 0.2) is 5.75 Å². The van der Waals surface area contributed by atoms with Crippen molar-refractivity contribution in [1.82, 2.24) is 5.32 Å². The molecule has 0 unspecified atom stereocenters. The van der Waals surface area contributed by atoms with Crippen LogP contribution >= 0.6 is 10.7 Å². The molecule has 1 N–H and O–H groups in total. The van der Waals surface area contributed by atoms with Gasteiger partial charge in [0.25, 0.3) is 15.0 Å². The Kier molecular flexibility index (Phi) is 5.02. The molecule has 1 rings (SSSR count). The molecule has 0 saturated carbocycles. The smallest absolute Gasteiger partial charge is 0.265 e. The minimum Gasteiger partial charge on any atom is -0.496 e. The van der Waals surface area contributed by atoms with Crippen molar-refractivity contribution in [1.29, 1.82) is 0 Å². The molecule has 0 aliphatic heterocycles. The molecule has 0 radical (unpaired) electrons. The van der Waals surface area contributed by atoms with Crippen molar-refractivity contribution in [3.8, 4) is 11.5 Å². The van der Waals surface area contributed by atoms with Gasteiger partial charge in [-0.2, -0.15) is 0 Å². The molecule has 0 spiro atoms. The van der Waals surface area contributed by atoms with E-state index in [1.807, 2.05) is 0 Å². The highest BCUT2D eigenvalue weighted by Crippen LogP contribution is 2.36. The minimum absolute atomic E-state index is 0.00595. The van der Waals surface area contributed by atoms with E-state index < -0.39 is 15.0 Å². The molecule has 1 aromatic rings. The molecule has 6 nitrogen and oxygen atoms in total. The normalized spacial score (nSPS) is 10.9. The van der Waals surface area contributed by atoms with E-state index in [2.05, 4.69) is 5.32 Å². The summed E-state index contributed by atoms with van der Waals surface area (Å²) in [5.74, 6) is -0.439. The Morgan fingerprint density at radius 2 is 1.95 bits per heavy atom. The van der Waals surface area contributed by atoms with E-state index in [4.69, 9.17) is 20.2 Å². The highest BCUT2D eigenvalue weighted by molar-refractivity contribution is 8.13. The van der Waals surface area contributed by atoms with Crippen molar-refractivity contribution in [3.63, 3.8) is 0 Å². The van der Waals surface area contributed by atoms with Crippen LogP contribution < -0.4 is 14.8 Å². The van der Waals surface area contributed by atoms with Crippen molar-refractivity contribution in [2.24, 2.45) is 0 Å². The molecule has 0 fully saturated rings. The number of halogens is 1. The number of rotatable bonds is 5. The van der Waals surface area contributed by atoms with E-state index >= 15 is 0 Å². The van der Waals surface area contributed by atoms with E-state index in [-0.39, 0.29) is 22.0 Å². The van der Waals surface area contributed by atoms with E-state index in [1.54, 1.807) is 6.92 Å². The van der Waals surface area contributed by atoms with Gasteiger partial charge in [-0.05, 0) is 19.1 Å². The third kappa shape index (κ3) is 3.30. The van der Waals surface area contributed by atoms with Gasteiger partial charge in [0, 0.05) is 17.2 Å². The Morgan fingerprint density at radius 1 is 1.32 bits per heavy atom. The summed E-state index contributed by atoms with van der Waals surface area (Å²) in [6.45, 7) is 2.11. The lowest BCUT2D eigenvalue weighted by Gasteiger charge is -2.14. The van der Waals surface area contributed by atoms with Crippen molar-refractivity contribution in [3.05, 3.63) is 17.7 Å². The molecular weight excluding hydrogens is 294 g/mol. The number of methoxy groups -OCH3 is 2. The molecule has 19 heavy (non-hydrogen) atoms. The van der Waals surface area contributed by atoms with Crippen LogP contribution in [0.2, 0.25) is 0 Å². The molecule has 0 heterocycles. The van der Waals surface area contributed by atoms with Crippen molar-refractivity contribution >= 4 is 25.6 Å². The topological polar surface area (TPSA) is 81.7 Å². The van der Waals surface area contributed by atoms with Gasteiger partial charge in [0.2, 0.25) is 0 Å². The number of carbonyl (C=O) groups excluding carboxylic acids is 1. The molecule has 0 aliphatic carbocycles. The van der Waals surface area contributed by atoms with Crippen molar-refractivity contribution in [2.45, 2.75) is 11.8 Å². The first-order valence-electron chi connectivity index (χ1n) is 5.34. The number of benzene rings is 1. The summed E-state index contributed by atoms with van der Waals surface area (Å²) in [5.41, 5.74) is -0.00595. The highest BCUT2D eigenvalue weighted by atomic mass is 35.7. The second kappa shape index (κ2) is 6.12. The summed E-state index contributed by atoms with van der Waals surface area (Å²) in [5, 5.41) is 2.55. The standard InChI is InChI=1S/C11H14ClNO5S/c1-4-13-11(14)9-7(17-2)5-6-8(10(9)18-3)19(12,15)16/h5-6H,4H2,1-3H3,(H,13,14). The molecule has 0 atom stereocenters. The zero-order chi connectivity index (χ0) is 14.6. The zero-order valence-electron chi connectivity index (χ0n) is 10.7. The summed E-state index contributed by atoms with van der Waals surface area (Å²) >= 11 is 0. The summed E-state index contributed by atoms with van der Waals surface area (Å²) in [7, 11) is 3.90. The summed E-state index contributed by atoms with van der Waals surface area (Å²) in [6.07, 6.45) is 0. The molecule has 1 aromatic carbocycles. The van der Waals surface area contributed by atoms with E-state index in [0.29, 0.717) is 6.54 Å². The van der Waals surface area contributed by atoms with Crippen LogP contribution in [0.3, 0.4) is 0 Å².